The van der Waals surface area contributed by atoms with Crippen LogP contribution in [0.5, 0.6) is 0 Å². The molecule has 0 aliphatic heterocycles. The average molecular weight is 236 g/mol. The molecule has 0 radical (unpaired) electrons. The minimum atomic E-state index is -1.06. The van der Waals surface area contributed by atoms with Crippen LogP contribution in [0.3, 0.4) is 0 Å². The molecule has 5 heteroatoms. The Bertz CT molecular complexity index is 401. The Labute approximate surface area is 99.8 Å². The Kier molecular flexibility index (Phi) is 4.51. The Balaban J connectivity index is 2.38. The van der Waals surface area contributed by atoms with E-state index in [4.69, 9.17) is 5.11 Å². The van der Waals surface area contributed by atoms with Gasteiger partial charge >= 0.3 is 12.0 Å². The molecule has 0 saturated heterocycles. The predicted molar refractivity (Wildman–Crippen MR) is 63.6 cm³/mol. The molecule has 0 spiro atoms. The SMILES string of the molecule is Cc1ccc(CNC(=O)N[C@H](C)C(=O)O)cc1. The first kappa shape index (κ1) is 13.0. The lowest BCUT2D eigenvalue weighted by atomic mass is 10.1. The number of benzene rings is 1. The van der Waals surface area contributed by atoms with Crippen molar-refractivity contribution in [2.75, 3.05) is 0 Å². The van der Waals surface area contributed by atoms with E-state index in [1.165, 1.54) is 6.92 Å². The van der Waals surface area contributed by atoms with Crippen LogP contribution in [-0.4, -0.2) is 23.1 Å². The van der Waals surface area contributed by atoms with Crippen LogP contribution in [0.25, 0.3) is 0 Å². The lowest BCUT2D eigenvalue weighted by Gasteiger charge is -2.10. The molecule has 0 fully saturated rings. The monoisotopic (exact) mass is 236 g/mol. The normalized spacial score (nSPS) is 11.6. The fraction of sp³-hybridized carbons (Fsp3) is 0.333. The van der Waals surface area contributed by atoms with Gasteiger partial charge in [-0.25, -0.2) is 4.79 Å². The molecular weight excluding hydrogens is 220 g/mol. The van der Waals surface area contributed by atoms with Gasteiger partial charge in [0.05, 0.1) is 0 Å². The Morgan fingerprint density at radius 1 is 1.29 bits per heavy atom. The van der Waals surface area contributed by atoms with Gasteiger partial charge in [-0.3, -0.25) is 4.79 Å². The summed E-state index contributed by atoms with van der Waals surface area (Å²) in [5.41, 5.74) is 2.12. The molecule has 3 N–H and O–H groups in total. The van der Waals surface area contributed by atoms with Gasteiger partial charge in [0.2, 0.25) is 0 Å². The van der Waals surface area contributed by atoms with Gasteiger partial charge in [0.1, 0.15) is 6.04 Å². The van der Waals surface area contributed by atoms with Crippen molar-refractivity contribution in [3.63, 3.8) is 0 Å². The van der Waals surface area contributed by atoms with Crippen molar-refractivity contribution in [3.05, 3.63) is 35.4 Å². The van der Waals surface area contributed by atoms with E-state index in [1.807, 2.05) is 31.2 Å². The van der Waals surface area contributed by atoms with Crippen molar-refractivity contribution in [2.24, 2.45) is 0 Å². The Morgan fingerprint density at radius 2 is 1.88 bits per heavy atom. The standard InChI is InChI=1S/C12H16N2O3/c1-8-3-5-10(6-4-8)7-13-12(17)14-9(2)11(15)16/h3-6,9H,7H2,1-2H3,(H,15,16)(H2,13,14,17)/t9-/m1/s1. The van der Waals surface area contributed by atoms with E-state index in [0.717, 1.165) is 11.1 Å². The van der Waals surface area contributed by atoms with Crippen LogP contribution < -0.4 is 10.6 Å². The summed E-state index contributed by atoms with van der Waals surface area (Å²) in [5, 5.41) is 13.5. The first-order valence-corrected chi connectivity index (χ1v) is 5.32. The molecule has 0 unspecified atom stereocenters. The maximum atomic E-state index is 11.3. The number of aryl methyl sites for hydroxylation is 1. The van der Waals surface area contributed by atoms with Crippen LogP contribution in [0.2, 0.25) is 0 Å². The van der Waals surface area contributed by atoms with Gasteiger partial charge in [-0.15, -0.1) is 0 Å². The zero-order valence-electron chi connectivity index (χ0n) is 9.86. The molecule has 1 rings (SSSR count). The zero-order valence-corrected chi connectivity index (χ0v) is 9.86. The molecule has 5 nitrogen and oxygen atoms in total. The van der Waals surface area contributed by atoms with Crippen molar-refractivity contribution in [1.82, 2.24) is 10.6 Å². The van der Waals surface area contributed by atoms with Crippen LogP contribution in [0.15, 0.2) is 24.3 Å². The van der Waals surface area contributed by atoms with E-state index in [2.05, 4.69) is 10.6 Å². The fourth-order valence-electron chi connectivity index (χ4n) is 1.20. The first-order chi connectivity index (χ1) is 7.99. The highest BCUT2D eigenvalue weighted by Gasteiger charge is 2.12. The number of carboxylic acid groups (broad SMARTS) is 1. The minimum absolute atomic E-state index is 0.373. The molecule has 1 aromatic carbocycles. The summed E-state index contributed by atoms with van der Waals surface area (Å²) < 4.78 is 0. The molecule has 2 amide bonds. The second kappa shape index (κ2) is 5.89. The van der Waals surface area contributed by atoms with Crippen LogP contribution in [0.1, 0.15) is 18.1 Å². The van der Waals surface area contributed by atoms with Crippen molar-refractivity contribution in [1.29, 1.82) is 0 Å². The van der Waals surface area contributed by atoms with Crippen LogP contribution >= 0.6 is 0 Å². The number of hydrogen-bond donors (Lipinski definition) is 3. The number of amides is 2. The molecule has 0 bridgehead atoms. The van der Waals surface area contributed by atoms with Crippen molar-refractivity contribution in [2.45, 2.75) is 26.4 Å². The van der Waals surface area contributed by atoms with Crippen LogP contribution in [-0.2, 0) is 11.3 Å². The highest BCUT2D eigenvalue weighted by Crippen LogP contribution is 2.02. The van der Waals surface area contributed by atoms with E-state index in [-0.39, 0.29) is 0 Å². The summed E-state index contributed by atoms with van der Waals surface area (Å²) in [5.74, 6) is -1.06. The third-order valence-electron chi connectivity index (χ3n) is 2.29. The summed E-state index contributed by atoms with van der Waals surface area (Å²) in [4.78, 5) is 21.8. The van der Waals surface area contributed by atoms with Crippen molar-refractivity contribution < 1.29 is 14.7 Å². The van der Waals surface area contributed by atoms with Crippen molar-refractivity contribution in [3.8, 4) is 0 Å². The third kappa shape index (κ3) is 4.55. The molecule has 17 heavy (non-hydrogen) atoms. The summed E-state index contributed by atoms with van der Waals surface area (Å²) in [6, 6.07) is 6.35. The van der Waals surface area contributed by atoms with Gasteiger partial charge in [0, 0.05) is 6.54 Å². The van der Waals surface area contributed by atoms with E-state index in [0.29, 0.717) is 6.54 Å². The fourth-order valence-corrected chi connectivity index (χ4v) is 1.20. The topological polar surface area (TPSA) is 78.4 Å². The van der Waals surface area contributed by atoms with Crippen molar-refractivity contribution >= 4 is 12.0 Å². The van der Waals surface area contributed by atoms with E-state index in [9.17, 15) is 9.59 Å². The lowest BCUT2D eigenvalue weighted by molar-refractivity contribution is -0.138. The minimum Gasteiger partial charge on any atom is -0.480 e. The number of carboxylic acids is 1. The molecular formula is C12H16N2O3. The number of nitrogens with one attached hydrogen (secondary N) is 2. The Morgan fingerprint density at radius 3 is 2.41 bits per heavy atom. The quantitative estimate of drug-likeness (QED) is 0.736. The summed E-state index contributed by atoms with van der Waals surface area (Å²) in [7, 11) is 0. The first-order valence-electron chi connectivity index (χ1n) is 5.32. The number of carbonyl (C=O) groups is 2. The van der Waals surface area contributed by atoms with Crippen LogP contribution in [0.4, 0.5) is 4.79 Å². The number of hydrogen-bond acceptors (Lipinski definition) is 2. The van der Waals surface area contributed by atoms with Gasteiger partial charge in [0.15, 0.2) is 0 Å². The molecule has 0 saturated carbocycles. The average Bonchev–Trinajstić information content (AvgIpc) is 2.28. The largest absolute Gasteiger partial charge is 0.480 e. The Hall–Kier alpha value is -2.04. The maximum absolute atomic E-state index is 11.3. The lowest BCUT2D eigenvalue weighted by Crippen LogP contribution is -2.44. The van der Waals surface area contributed by atoms with Gasteiger partial charge in [0.25, 0.3) is 0 Å². The van der Waals surface area contributed by atoms with Gasteiger partial charge in [-0.2, -0.15) is 0 Å². The third-order valence-corrected chi connectivity index (χ3v) is 2.29. The number of aliphatic carboxylic acids is 1. The van der Waals surface area contributed by atoms with E-state index in [1.54, 1.807) is 0 Å². The second-order valence-corrected chi connectivity index (χ2v) is 3.87. The zero-order chi connectivity index (χ0) is 12.8. The molecule has 1 aromatic rings. The number of rotatable bonds is 4. The van der Waals surface area contributed by atoms with Gasteiger partial charge in [-0.05, 0) is 19.4 Å². The molecule has 92 valence electrons. The number of carbonyl (C=O) groups excluding carboxylic acids is 1. The van der Waals surface area contributed by atoms with E-state index < -0.39 is 18.0 Å². The highest BCUT2D eigenvalue weighted by molar-refractivity contribution is 5.82. The second-order valence-electron chi connectivity index (χ2n) is 3.87. The maximum Gasteiger partial charge on any atom is 0.325 e. The predicted octanol–water partition coefficient (Wildman–Crippen LogP) is 1.27. The summed E-state index contributed by atoms with van der Waals surface area (Å²) in [6.45, 7) is 3.77. The number of urea groups is 1. The molecule has 1 atom stereocenters. The van der Waals surface area contributed by atoms with E-state index >= 15 is 0 Å². The van der Waals surface area contributed by atoms with Gasteiger partial charge in [-0.1, -0.05) is 29.8 Å². The molecule has 0 aromatic heterocycles. The van der Waals surface area contributed by atoms with Gasteiger partial charge < -0.3 is 15.7 Å². The summed E-state index contributed by atoms with van der Waals surface area (Å²) >= 11 is 0. The smallest absolute Gasteiger partial charge is 0.325 e. The molecule has 0 aliphatic carbocycles. The highest BCUT2D eigenvalue weighted by atomic mass is 16.4. The van der Waals surface area contributed by atoms with Crippen LogP contribution in [0, 0.1) is 6.92 Å². The molecule has 0 aliphatic rings. The molecule has 0 heterocycles. The summed E-state index contributed by atoms with van der Waals surface area (Å²) in [6.07, 6.45) is 0.